The highest BCUT2D eigenvalue weighted by atomic mass is 16.3. The van der Waals surface area contributed by atoms with Gasteiger partial charge in [-0.25, -0.2) is 0 Å². The first-order valence-corrected chi connectivity index (χ1v) is 9.07. The summed E-state index contributed by atoms with van der Waals surface area (Å²) >= 11 is 0. The Hall–Kier alpha value is -0.0400. The van der Waals surface area contributed by atoms with Gasteiger partial charge >= 0.3 is 0 Å². The van der Waals surface area contributed by atoms with Gasteiger partial charge in [0.2, 0.25) is 0 Å². The van der Waals surface area contributed by atoms with Gasteiger partial charge in [-0.15, -0.1) is 0 Å². The lowest BCUT2D eigenvalue weighted by molar-refractivity contribution is 0.0401. The van der Waals surface area contributed by atoms with E-state index in [1.165, 1.54) is 44.9 Å². The Labute approximate surface area is 127 Å². The number of aliphatic hydroxyl groups is 1. The average molecular weight is 283 g/mol. The van der Waals surface area contributed by atoms with Crippen LogP contribution in [0.25, 0.3) is 0 Å². The second kappa shape index (κ2) is 8.41. The molecule has 0 aliphatic heterocycles. The van der Waals surface area contributed by atoms with E-state index >= 15 is 0 Å². The highest BCUT2D eigenvalue weighted by Gasteiger charge is 2.33. The van der Waals surface area contributed by atoms with Crippen LogP contribution in [0, 0.1) is 23.2 Å². The molecule has 0 spiro atoms. The highest BCUT2D eigenvalue weighted by molar-refractivity contribution is 4.83. The van der Waals surface area contributed by atoms with E-state index in [9.17, 15) is 5.11 Å². The zero-order valence-electron chi connectivity index (χ0n) is 14.6. The predicted octanol–water partition coefficient (Wildman–Crippen LogP) is 5.81. The minimum atomic E-state index is -0.0209. The van der Waals surface area contributed by atoms with Gasteiger partial charge in [0, 0.05) is 0 Å². The van der Waals surface area contributed by atoms with Crippen molar-refractivity contribution >= 4 is 0 Å². The topological polar surface area (TPSA) is 20.2 Å². The molecule has 20 heavy (non-hydrogen) atoms. The summed E-state index contributed by atoms with van der Waals surface area (Å²) in [6, 6.07) is 0. The van der Waals surface area contributed by atoms with E-state index in [1.807, 2.05) is 0 Å². The number of hydrogen-bond acceptors (Lipinski definition) is 1. The smallest absolute Gasteiger partial charge is 0.0543 e. The summed E-state index contributed by atoms with van der Waals surface area (Å²) in [5.74, 6) is 2.46. The molecule has 0 aromatic heterocycles. The molecule has 1 N–H and O–H groups in total. The maximum Gasteiger partial charge on any atom is 0.0543 e. The van der Waals surface area contributed by atoms with Gasteiger partial charge in [0.25, 0.3) is 0 Å². The Balaban J connectivity index is 2.51. The molecule has 0 amide bonds. The first-order valence-electron chi connectivity index (χ1n) is 9.07. The number of unbranched alkanes of at least 4 members (excludes halogenated alkanes) is 1. The van der Waals surface area contributed by atoms with E-state index in [0.29, 0.717) is 5.41 Å². The minimum Gasteiger partial charge on any atom is -0.393 e. The molecule has 1 nitrogen and oxygen atoms in total. The largest absolute Gasteiger partial charge is 0.393 e. The van der Waals surface area contributed by atoms with Crippen molar-refractivity contribution < 1.29 is 5.11 Å². The average Bonchev–Trinajstić information content (AvgIpc) is 2.42. The summed E-state index contributed by atoms with van der Waals surface area (Å²) in [5, 5.41) is 9.98. The fourth-order valence-electron chi connectivity index (χ4n) is 3.82. The van der Waals surface area contributed by atoms with Crippen LogP contribution < -0.4 is 0 Å². The first-order chi connectivity index (χ1) is 9.39. The van der Waals surface area contributed by atoms with E-state index in [1.54, 1.807) is 0 Å². The molecule has 1 heteroatoms. The maximum atomic E-state index is 9.98. The first kappa shape index (κ1) is 18.0. The van der Waals surface area contributed by atoms with Crippen LogP contribution in [-0.4, -0.2) is 11.2 Å². The van der Waals surface area contributed by atoms with E-state index in [2.05, 4.69) is 34.6 Å². The lowest BCUT2D eigenvalue weighted by Gasteiger charge is -2.39. The van der Waals surface area contributed by atoms with Gasteiger partial charge in [0.15, 0.2) is 0 Å². The van der Waals surface area contributed by atoms with Crippen molar-refractivity contribution in [3.8, 4) is 0 Å². The molecule has 1 fully saturated rings. The fraction of sp³-hybridized carbons (Fsp3) is 1.00. The summed E-state index contributed by atoms with van der Waals surface area (Å²) < 4.78 is 0. The van der Waals surface area contributed by atoms with Crippen LogP contribution in [0.5, 0.6) is 0 Å². The fourth-order valence-corrected chi connectivity index (χ4v) is 3.82. The van der Waals surface area contributed by atoms with Gasteiger partial charge in [-0.05, 0) is 55.3 Å². The van der Waals surface area contributed by atoms with Crippen molar-refractivity contribution in [3.63, 3.8) is 0 Å². The lowest BCUT2D eigenvalue weighted by Crippen LogP contribution is -2.32. The van der Waals surface area contributed by atoms with Crippen LogP contribution >= 0.6 is 0 Å². The number of aliphatic hydroxyl groups excluding tert-OH is 1. The Kier molecular flexibility index (Phi) is 7.58. The molecule has 120 valence electrons. The van der Waals surface area contributed by atoms with E-state index in [-0.39, 0.29) is 6.10 Å². The van der Waals surface area contributed by atoms with Gasteiger partial charge < -0.3 is 5.11 Å². The predicted molar refractivity (Wildman–Crippen MR) is 88.8 cm³/mol. The summed E-state index contributed by atoms with van der Waals surface area (Å²) in [4.78, 5) is 0. The number of rotatable bonds is 8. The molecule has 0 aromatic rings. The van der Waals surface area contributed by atoms with Crippen molar-refractivity contribution in [2.24, 2.45) is 23.2 Å². The quantitative estimate of drug-likeness (QED) is 0.596. The Morgan fingerprint density at radius 3 is 2.50 bits per heavy atom. The monoisotopic (exact) mass is 282 g/mol. The third-order valence-corrected chi connectivity index (χ3v) is 5.91. The molecule has 1 rings (SSSR count). The van der Waals surface area contributed by atoms with Gasteiger partial charge in [-0.1, -0.05) is 60.3 Å². The molecular weight excluding hydrogens is 244 g/mol. The van der Waals surface area contributed by atoms with Crippen molar-refractivity contribution in [2.75, 3.05) is 0 Å². The molecule has 3 unspecified atom stereocenters. The van der Waals surface area contributed by atoms with Gasteiger partial charge in [-0.3, -0.25) is 0 Å². The van der Waals surface area contributed by atoms with Crippen LogP contribution in [0.1, 0.15) is 92.4 Å². The van der Waals surface area contributed by atoms with Crippen LogP contribution in [0.2, 0.25) is 0 Å². The van der Waals surface area contributed by atoms with Crippen LogP contribution in [0.4, 0.5) is 0 Å². The molecule has 0 heterocycles. The van der Waals surface area contributed by atoms with Crippen molar-refractivity contribution in [1.82, 2.24) is 0 Å². The Morgan fingerprint density at radius 1 is 1.20 bits per heavy atom. The third-order valence-electron chi connectivity index (χ3n) is 5.91. The summed E-state index contributed by atoms with van der Waals surface area (Å²) in [5.41, 5.74) is 0.501. The van der Waals surface area contributed by atoms with Crippen molar-refractivity contribution in [2.45, 2.75) is 98.5 Å². The zero-order chi connectivity index (χ0) is 15.2. The second-order valence-electron chi connectivity index (χ2n) is 8.07. The van der Waals surface area contributed by atoms with Gasteiger partial charge in [0.1, 0.15) is 0 Å². The standard InChI is InChI=1S/C19H38O/c1-6-8-9-16-14-17(20)10-11-18(16)15(3)12-13-19(4,5)7-2/h15-18,20H,6-14H2,1-5H3/t15?,16?,17-,18?/m0/s1. The molecule has 0 saturated heterocycles. The van der Waals surface area contributed by atoms with Gasteiger partial charge in [0.05, 0.1) is 6.10 Å². The van der Waals surface area contributed by atoms with E-state index < -0.39 is 0 Å². The Bertz CT molecular complexity index is 258. The van der Waals surface area contributed by atoms with Gasteiger partial charge in [-0.2, -0.15) is 0 Å². The zero-order valence-corrected chi connectivity index (χ0v) is 14.6. The molecule has 0 radical (unpaired) electrons. The highest BCUT2D eigenvalue weighted by Crippen LogP contribution is 2.41. The molecule has 1 aliphatic carbocycles. The molecule has 4 atom stereocenters. The minimum absolute atomic E-state index is 0.0209. The summed E-state index contributed by atoms with van der Waals surface area (Å²) in [6.45, 7) is 11.9. The summed E-state index contributed by atoms with van der Waals surface area (Å²) in [6.07, 6.45) is 11.3. The lowest BCUT2D eigenvalue weighted by atomic mass is 9.68. The number of hydrogen-bond donors (Lipinski definition) is 1. The third kappa shape index (κ3) is 5.76. The normalized spacial score (nSPS) is 29.4. The SMILES string of the molecule is CCCCC1C[C@@H](O)CCC1C(C)CCC(C)(C)CC. The van der Waals surface area contributed by atoms with Crippen LogP contribution in [0.15, 0.2) is 0 Å². The van der Waals surface area contributed by atoms with Crippen LogP contribution in [0.3, 0.4) is 0 Å². The van der Waals surface area contributed by atoms with Crippen LogP contribution in [-0.2, 0) is 0 Å². The second-order valence-corrected chi connectivity index (χ2v) is 8.07. The molecule has 0 aromatic carbocycles. The van der Waals surface area contributed by atoms with Crippen molar-refractivity contribution in [3.05, 3.63) is 0 Å². The molecule has 1 aliphatic rings. The Morgan fingerprint density at radius 2 is 1.90 bits per heavy atom. The van der Waals surface area contributed by atoms with E-state index in [4.69, 9.17) is 0 Å². The molecule has 0 bridgehead atoms. The maximum absolute atomic E-state index is 9.98. The molecule has 1 saturated carbocycles. The summed E-state index contributed by atoms with van der Waals surface area (Å²) in [7, 11) is 0. The van der Waals surface area contributed by atoms with E-state index in [0.717, 1.165) is 30.6 Å². The molecular formula is C19H38O. The van der Waals surface area contributed by atoms with Crippen molar-refractivity contribution in [1.29, 1.82) is 0 Å².